The molecule has 0 saturated heterocycles. The minimum Gasteiger partial charge on any atom is -0.481 e. The van der Waals surface area contributed by atoms with Crippen molar-refractivity contribution in [3.63, 3.8) is 0 Å². The predicted octanol–water partition coefficient (Wildman–Crippen LogP) is 1.04. The summed E-state index contributed by atoms with van der Waals surface area (Å²) in [5.41, 5.74) is -0.465. The number of aromatic amines is 1. The summed E-state index contributed by atoms with van der Waals surface area (Å²) in [5.74, 6) is -0.992. The van der Waals surface area contributed by atoms with Gasteiger partial charge in [-0.3, -0.25) is 9.36 Å². The Hall–Kier alpha value is -1.24. The molecule has 0 spiro atoms. The molecule has 94 valence electrons. The minimum atomic E-state index is -0.909. The zero-order valence-corrected chi connectivity index (χ0v) is 10.4. The smallest absolute Gasteiger partial charge is 0.344 e. The SMILES string of the molecule is CC1(n2c(SCC(=O)O)n[nH]c2=O)CCCC1. The van der Waals surface area contributed by atoms with E-state index in [-0.39, 0.29) is 17.0 Å². The molecule has 0 amide bonds. The summed E-state index contributed by atoms with van der Waals surface area (Å²) in [4.78, 5) is 22.3. The highest BCUT2D eigenvalue weighted by Gasteiger charge is 2.34. The number of hydrogen-bond acceptors (Lipinski definition) is 4. The molecule has 0 bridgehead atoms. The number of thioether (sulfide) groups is 1. The van der Waals surface area contributed by atoms with Crippen molar-refractivity contribution in [2.45, 2.75) is 43.3 Å². The van der Waals surface area contributed by atoms with Gasteiger partial charge < -0.3 is 5.11 Å². The van der Waals surface area contributed by atoms with Crippen LogP contribution < -0.4 is 5.69 Å². The van der Waals surface area contributed by atoms with E-state index in [1.165, 1.54) is 0 Å². The fraction of sp³-hybridized carbons (Fsp3) is 0.700. The van der Waals surface area contributed by atoms with Gasteiger partial charge in [0.05, 0.1) is 5.75 Å². The van der Waals surface area contributed by atoms with Crippen LogP contribution >= 0.6 is 11.8 Å². The lowest BCUT2D eigenvalue weighted by molar-refractivity contribution is -0.133. The van der Waals surface area contributed by atoms with Gasteiger partial charge in [-0.1, -0.05) is 24.6 Å². The molecule has 1 aromatic heterocycles. The number of hydrogen-bond donors (Lipinski definition) is 2. The van der Waals surface area contributed by atoms with Crippen molar-refractivity contribution < 1.29 is 9.90 Å². The summed E-state index contributed by atoms with van der Waals surface area (Å²) in [6, 6.07) is 0. The average molecular weight is 257 g/mol. The van der Waals surface area contributed by atoms with E-state index in [0.29, 0.717) is 5.16 Å². The number of rotatable bonds is 4. The number of carboxylic acids is 1. The van der Waals surface area contributed by atoms with Gasteiger partial charge in [-0.15, -0.1) is 5.10 Å². The average Bonchev–Trinajstić information content (AvgIpc) is 2.83. The lowest BCUT2D eigenvalue weighted by atomic mass is 10.0. The Balaban J connectivity index is 2.29. The van der Waals surface area contributed by atoms with Crippen LogP contribution in [0.3, 0.4) is 0 Å². The Bertz CT molecular complexity index is 473. The third-order valence-electron chi connectivity index (χ3n) is 3.19. The first kappa shape index (κ1) is 12.2. The summed E-state index contributed by atoms with van der Waals surface area (Å²) in [7, 11) is 0. The predicted molar refractivity (Wildman–Crippen MR) is 63.3 cm³/mol. The molecule has 1 aliphatic rings. The second kappa shape index (κ2) is 4.56. The van der Waals surface area contributed by atoms with Gasteiger partial charge in [-0.05, 0) is 19.8 Å². The van der Waals surface area contributed by atoms with Crippen molar-refractivity contribution in [1.82, 2.24) is 14.8 Å². The highest BCUT2D eigenvalue weighted by Crippen LogP contribution is 2.37. The Morgan fingerprint density at radius 3 is 2.82 bits per heavy atom. The van der Waals surface area contributed by atoms with Crippen molar-refractivity contribution in [3.05, 3.63) is 10.5 Å². The largest absolute Gasteiger partial charge is 0.481 e. The number of aromatic nitrogens is 3. The highest BCUT2D eigenvalue weighted by atomic mass is 32.2. The Morgan fingerprint density at radius 2 is 2.24 bits per heavy atom. The van der Waals surface area contributed by atoms with Crippen molar-refractivity contribution >= 4 is 17.7 Å². The van der Waals surface area contributed by atoms with Crippen LogP contribution in [0.2, 0.25) is 0 Å². The molecule has 0 atom stereocenters. The minimum absolute atomic E-state index is 0.0830. The van der Waals surface area contributed by atoms with Crippen LogP contribution in [0.5, 0.6) is 0 Å². The number of carbonyl (C=O) groups is 1. The molecule has 6 nitrogen and oxygen atoms in total. The summed E-state index contributed by atoms with van der Waals surface area (Å²) in [5, 5.41) is 15.4. The summed E-state index contributed by atoms with van der Waals surface area (Å²) in [6.45, 7) is 2.03. The monoisotopic (exact) mass is 257 g/mol. The van der Waals surface area contributed by atoms with E-state index in [1.807, 2.05) is 6.92 Å². The molecule has 1 aromatic rings. The third-order valence-corrected chi connectivity index (χ3v) is 4.11. The number of aliphatic carboxylic acids is 1. The van der Waals surface area contributed by atoms with Gasteiger partial charge in [-0.25, -0.2) is 9.89 Å². The van der Waals surface area contributed by atoms with E-state index in [1.54, 1.807) is 4.57 Å². The summed E-state index contributed by atoms with van der Waals surface area (Å²) in [6.07, 6.45) is 4.06. The molecule has 0 aromatic carbocycles. The molecule has 1 aliphatic carbocycles. The van der Waals surface area contributed by atoms with Gasteiger partial charge in [0, 0.05) is 5.54 Å². The van der Waals surface area contributed by atoms with E-state index in [4.69, 9.17) is 5.11 Å². The third kappa shape index (κ3) is 2.38. The van der Waals surface area contributed by atoms with E-state index < -0.39 is 5.97 Å². The highest BCUT2D eigenvalue weighted by molar-refractivity contribution is 7.99. The van der Waals surface area contributed by atoms with E-state index in [2.05, 4.69) is 10.2 Å². The van der Waals surface area contributed by atoms with E-state index in [9.17, 15) is 9.59 Å². The molecule has 1 saturated carbocycles. The Morgan fingerprint density at radius 1 is 1.59 bits per heavy atom. The van der Waals surface area contributed by atoms with Crippen LogP contribution in [0, 0.1) is 0 Å². The Kier molecular flexibility index (Phi) is 3.28. The number of carboxylic acid groups (broad SMARTS) is 1. The molecule has 1 fully saturated rings. The zero-order chi connectivity index (χ0) is 12.5. The van der Waals surface area contributed by atoms with Crippen LogP contribution in [0.25, 0.3) is 0 Å². The quantitative estimate of drug-likeness (QED) is 0.787. The van der Waals surface area contributed by atoms with Gasteiger partial charge in [0.25, 0.3) is 0 Å². The first-order valence-electron chi connectivity index (χ1n) is 5.55. The lowest BCUT2D eigenvalue weighted by Gasteiger charge is -2.25. The fourth-order valence-electron chi connectivity index (χ4n) is 2.34. The maximum absolute atomic E-state index is 11.8. The molecule has 7 heteroatoms. The Labute approximate surface area is 102 Å². The second-order valence-electron chi connectivity index (χ2n) is 4.53. The lowest BCUT2D eigenvalue weighted by Crippen LogP contribution is -2.35. The second-order valence-corrected chi connectivity index (χ2v) is 5.48. The van der Waals surface area contributed by atoms with Crippen LogP contribution in [0.15, 0.2) is 9.95 Å². The molecular weight excluding hydrogens is 242 g/mol. The van der Waals surface area contributed by atoms with Crippen molar-refractivity contribution in [1.29, 1.82) is 0 Å². The maximum Gasteiger partial charge on any atom is 0.344 e. The molecule has 2 N–H and O–H groups in total. The number of H-pyrrole nitrogens is 1. The van der Waals surface area contributed by atoms with Gasteiger partial charge in [-0.2, -0.15) is 0 Å². The van der Waals surface area contributed by atoms with E-state index >= 15 is 0 Å². The van der Waals surface area contributed by atoms with Gasteiger partial charge in [0.15, 0.2) is 5.16 Å². The van der Waals surface area contributed by atoms with Gasteiger partial charge in [0.2, 0.25) is 0 Å². The fourth-order valence-corrected chi connectivity index (χ4v) is 3.14. The van der Waals surface area contributed by atoms with E-state index in [0.717, 1.165) is 37.4 Å². The van der Waals surface area contributed by atoms with Crippen LogP contribution in [0.4, 0.5) is 0 Å². The van der Waals surface area contributed by atoms with Gasteiger partial charge in [0.1, 0.15) is 0 Å². The molecule has 0 radical (unpaired) electrons. The van der Waals surface area contributed by atoms with Crippen LogP contribution in [-0.4, -0.2) is 31.6 Å². The summed E-state index contributed by atoms with van der Waals surface area (Å²) >= 11 is 1.08. The van der Waals surface area contributed by atoms with Crippen molar-refractivity contribution in [2.24, 2.45) is 0 Å². The topological polar surface area (TPSA) is 88.0 Å². The first-order chi connectivity index (χ1) is 8.03. The molecular formula is C10H15N3O3S. The van der Waals surface area contributed by atoms with Crippen molar-refractivity contribution in [3.8, 4) is 0 Å². The normalized spacial score (nSPS) is 18.4. The number of nitrogens with zero attached hydrogens (tertiary/aromatic N) is 2. The summed E-state index contributed by atoms with van der Waals surface area (Å²) < 4.78 is 1.62. The number of nitrogens with one attached hydrogen (secondary N) is 1. The standard InChI is InChI=1S/C10H15N3O3S/c1-10(4-2-3-5-10)13-8(16)11-12-9(13)17-6-7(14)15/h2-6H2,1H3,(H,11,16)(H,14,15). The van der Waals surface area contributed by atoms with Crippen molar-refractivity contribution in [2.75, 3.05) is 5.75 Å². The van der Waals surface area contributed by atoms with Gasteiger partial charge >= 0.3 is 11.7 Å². The molecule has 17 heavy (non-hydrogen) atoms. The molecule has 0 unspecified atom stereocenters. The maximum atomic E-state index is 11.8. The molecule has 0 aliphatic heterocycles. The molecule has 2 rings (SSSR count). The molecule has 1 heterocycles. The first-order valence-corrected chi connectivity index (χ1v) is 6.54. The van der Waals surface area contributed by atoms with Crippen LogP contribution in [-0.2, 0) is 10.3 Å². The zero-order valence-electron chi connectivity index (χ0n) is 9.60. The van der Waals surface area contributed by atoms with Crippen LogP contribution in [0.1, 0.15) is 32.6 Å².